The third-order valence-corrected chi connectivity index (χ3v) is 7.80. The maximum Gasteiger partial charge on any atom is 0.416 e. The van der Waals surface area contributed by atoms with Gasteiger partial charge in [-0.05, 0) is 85.7 Å². The van der Waals surface area contributed by atoms with Gasteiger partial charge in [0.05, 0.1) is 0 Å². The maximum atomic E-state index is 13.5. The Morgan fingerprint density at radius 3 is 2.62 bits per heavy atom. The minimum atomic E-state index is -0.416. The van der Waals surface area contributed by atoms with E-state index in [-0.39, 0.29) is 12.0 Å². The molecule has 9 heteroatoms. The number of amides is 1. The molecule has 0 spiro atoms. The molecule has 0 saturated carbocycles. The fraction of sp³-hybridized carbons (Fsp3) is 0.290. The largest absolute Gasteiger partial charge is 0.492 e. The van der Waals surface area contributed by atoms with Gasteiger partial charge in [0.25, 0.3) is 0 Å². The molecule has 0 radical (unpaired) electrons. The summed E-state index contributed by atoms with van der Waals surface area (Å²) < 4.78 is 11.7. The van der Waals surface area contributed by atoms with Crippen molar-refractivity contribution in [1.29, 1.82) is 0 Å². The number of ether oxygens (including phenoxy) is 2. The molecule has 2 aliphatic heterocycles. The van der Waals surface area contributed by atoms with Crippen molar-refractivity contribution in [3.63, 3.8) is 0 Å². The number of fused-ring (bicyclic) bond motifs is 2. The van der Waals surface area contributed by atoms with E-state index < -0.39 is 6.09 Å². The van der Waals surface area contributed by atoms with Crippen LogP contribution in [0, 0.1) is 5.92 Å². The molecule has 2 aromatic carbocycles. The number of hydrogen-bond acceptors (Lipinski definition) is 6. The summed E-state index contributed by atoms with van der Waals surface area (Å²) in [5.74, 6) is 1.40. The van der Waals surface area contributed by atoms with E-state index >= 15 is 0 Å². The summed E-state index contributed by atoms with van der Waals surface area (Å²) >= 11 is 12.4. The van der Waals surface area contributed by atoms with Gasteiger partial charge < -0.3 is 20.1 Å². The van der Waals surface area contributed by atoms with Gasteiger partial charge in [-0.25, -0.2) is 4.79 Å². The normalized spacial score (nSPS) is 20.1. The van der Waals surface area contributed by atoms with E-state index in [0.29, 0.717) is 30.5 Å². The third-order valence-electron chi connectivity index (χ3n) is 7.27. The van der Waals surface area contributed by atoms with E-state index in [1.807, 2.05) is 36.4 Å². The summed E-state index contributed by atoms with van der Waals surface area (Å²) in [4.78, 5) is 19.1. The van der Waals surface area contributed by atoms with Crippen LogP contribution in [0.15, 0.2) is 99.6 Å². The van der Waals surface area contributed by atoms with E-state index in [1.54, 1.807) is 35.4 Å². The molecule has 40 heavy (non-hydrogen) atoms. The highest BCUT2D eigenvalue weighted by atomic mass is 35.5. The summed E-state index contributed by atoms with van der Waals surface area (Å²) in [7, 11) is 0. The van der Waals surface area contributed by atoms with E-state index in [0.717, 1.165) is 52.7 Å². The van der Waals surface area contributed by atoms with E-state index in [1.165, 1.54) is 5.57 Å². The number of aliphatic imine (C=N–C) groups is 1. The zero-order valence-electron chi connectivity index (χ0n) is 22.3. The molecule has 0 bridgehead atoms. The van der Waals surface area contributed by atoms with Gasteiger partial charge in [0.1, 0.15) is 24.1 Å². The number of nitrogens with one attached hydrogen (secondary N) is 2. The highest BCUT2D eigenvalue weighted by molar-refractivity contribution is 6.30. The van der Waals surface area contributed by atoms with Gasteiger partial charge >= 0.3 is 6.09 Å². The van der Waals surface area contributed by atoms with Crippen molar-refractivity contribution in [3.05, 3.63) is 105 Å². The molecule has 0 fully saturated rings. The van der Waals surface area contributed by atoms with Crippen LogP contribution in [-0.2, 0) is 0 Å². The molecular weight excluding hydrogens is 547 g/mol. The summed E-state index contributed by atoms with van der Waals surface area (Å²) in [5.41, 5.74) is 5.40. The number of halogens is 2. The second kappa shape index (κ2) is 12.7. The first-order valence-corrected chi connectivity index (χ1v) is 14.1. The van der Waals surface area contributed by atoms with E-state index in [4.69, 9.17) is 32.7 Å². The Labute approximate surface area is 244 Å². The molecule has 2 heterocycles. The van der Waals surface area contributed by atoms with Crippen LogP contribution in [0.5, 0.6) is 11.5 Å². The fourth-order valence-electron chi connectivity index (χ4n) is 5.32. The van der Waals surface area contributed by atoms with Gasteiger partial charge in [-0.2, -0.15) is 0 Å². The molecule has 7 nitrogen and oxygen atoms in total. The fourth-order valence-corrected chi connectivity index (χ4v) is 5.66. The van der Waals surface area contributed by atoms with Crippen LogP contribution < -0.4 is 20.1 Å². The van der Waals surface area contributed by atoms with Crippen molar-refractivity contribution in [2.45, 2.75) is 32.2 Å². The smallest absolute Gasteiger partial charge is 0.416 e. The monoisotopic (exact) mass is 578 g/mol. The molecule has 208 valence electrons. The van der Waals surface area contributed by atoms with Crippen LogP contribution >= 0.6 is 23.2 Å². The van der Waals surface area contributed by atoms with Gasteiger partial charge in [0.2, 0.25) is 0 Å². The molecule has 1 amide bonds. The third kappa shape index (κ3) is 6.21. The minimum Gasteiger partial charge on any atom is -0.492 e. The summed E-state index contributed by atoms with van der Waals surface area (Å²) in [6, 6.07) is 14.3. The molecule has 2 N–H and O–H groups in total. The lowest BCUT2D eigenvalue weighted by Gasteiger charge is -2.36. The van der Waals surface area contributed by atoms with Crippen LogP contribution in [0.4, 0.5) is 4.79 Å². The van der Waals surface area contributed by atoms with Crippen LogP contribution in [-0.4, -0.2) is 37.4 Å². The molecule has 0 aromatic heterocycles. The van der Waals surface area contributed by atoms with Gasteiger partial charge in [-0.1, -0.05) is 42.3 Å². The first-order valence-electron chi connectivity index (χ1n) is 13.4. The predicted molar refractivity (Wildman–Crippen MR) is 160 cm³/mol. The van der Waals surface area contributed by atoms with E-state index in [9.17, 15) is 4.79 Å². The average Bonchev–Trinajstić information content (AvgIpc) is 3.33. The van der Waals surface area contributed by atoms with Crippen molar-refractivity contribution in [1.82, 2.24) is 15.5 Å². The lowest BCUT2D eigenvalue weighted by Crippen LogP contribution is -2.42. The molecule has 3 aliphatic rings. The molecule has 2 unspecified atom stereocenters. The van der Waals surface area contributed by atoms with Crippen molar-refractivity contribution in [2.24, 2.45) is 10.9 Å². The van der Waals surface area contributed by atoms with Crippen LogP contribution in [0.1, 0.15) is 37.8 Å². The predicted octanol–water partition coefficient (Wildman–Crippen LogP) is 7.09. The summed E-state index contributed by atoms with van der Waals surface area (Å²) in [6.45, 7) is 7.23. The minimum absolute atomic E-state index is 0.206. The van der Waals surface area contributed by atoms with Crippen LogP contribution in [0.25, 0.3) is 0 Å². The zero-order chi connectivity index (χ0) is 28.1. The molecular formula is C31H32Cl2N4O3. The Morgan fingerprint density at radius 1 is 1.15 bits per heavy atom. The highest BCUT2D eigenvalue weighted by Crippen LogP contribution is 2.47. The number of allylic oxidation sites excluding steroid dienone is 5. The van der Waals surface area contributed by atoms with Gasteiger partial charge in [0.15, 0.2) is 0 Å². The van der Waals surface area contributed by atoms with Gasteiger partial charge in [-0.3, -0.25) is 9.89 Å². The maximum absolute atomic E-state index is 13.5. The Balaban J connectivity index is 1.35. The molecule has 2 atom stereocenters. The number of benzene rings is 2. The lowest BCUT2D eigenvalue weighted by molar-refractivity contribution is 0.134. The topological polar surface area (TPSA) is 75.2 Å². The van der Waals surface area contributed by atoms with Gasteiger partial charge in [-0.15, -0.1) is 0 Å². The molecule has 0 saturated heterocycles. The molecule has 5 rings (SSSR count). The first-order chi connectivity index (χ1) is 19.5. The quantitative estimate of drug-likeness (QED) is 0.245. The standard InChI is InChI=1S/C31H32Cl2N4O3/c1-3-23(19-34-2)35-15-17-39-24-9-4-20(5-10-24)30-29-26(27-18-22(33)8-13-28(27)36-29)14-16-37(30)31(38)40-25-11-6-21(32)7-12-25/h4-13,19,27,30,35-36H,2-3,14-18H2,1H3/b23-19+. The second-order valence-corrected chi connectivity index (χ2v) is 10.7. The van der Waals surface area contributed by atoms with Crippen LogP contribution in [0.3, 0.4) is 0 Å². The Bertz CT molecular complexity index is 1380. The Hall–Kier alpha value is -3.68. The molecule has 1 aliphatic carbocycles. The Morgan fingerprint density at radius 2 is 1.90 bits per heavy atom. The van der Waals surface area contributed by atoms with Crippen molar-refractivity contribution < 1.29 is 14.3 Å². The highest BCUT2D eigenvalue weighted by Gasteiger charge is 2.42. The number of hydrogen-bond donors (Lipinski definition) is 2. The number of carbonyl (C=O) groups excluding carboxylic acids is 1. The van der Waals surface area contributed by atoms with Gasteiger partial charge in [0, 0.05) is 52.4 Å². The second-order valence-electron chi connectivity index (χ2n) is 9.76. The average molecular weight is 580 g/mol. The summed E-state index contributed by atoms with van der Waals surface area (Å²) in [6.07, 6.45) is 7.63. The van der Waals surface area contributed by atoms with Crippen LogP contribution in [0.2, 0.25) is 5.02 Å². The number of rotatable bonds is 9. The molecule has 2 aromatic rings. The van der Waals surface area contributed by atoms with E-state index in [2.05, 4.69) is 29.3 Å². The SMILES string of the molecule is C=N/C=C(\CC)NCCOc1ccc(C2C3=C(CCN2C(=O)Oc2ccc(Cl)cc2)C2CC(Cl)=CC=C2N3)cc1. The number of carbonyl (C=O) groups is 1. The number of nitrogens with zero attached hydrogens (tertiary/aromatic N) is 2. The Kier molecular flexibility index (Phi) is 8.82. The van der Waals surface area contributed by atoms with Crippen molar-refractivity contribution in [3.8, 4) is 11.5 Å². The summed E-state index contributed by atoms with van der Waals surface area (Å²) in [5, 5.41) is 8.34. The zero-order valence-corrected chi connectivity index (χ0v) is 23.8. The lowest BCUT2D eigenvalue weighted by atomic mass is 9.85. The first kappa shape index (κ1) is 27.9. The van der Waals surface area contributed by atoms with Crippen molar-refractivity contribution in [2.75, 3.05) is 19.7 Å². The van der Waals surface area contributed by atoms with Crippen molar-refractivity contribution >= 4 is 36.0 Å².